The molecule has 1 fully saturated rings. The van der Waals surface area contributed by atoms with E-state index in [0.717, 1.165) is 0 Å². The Balaban J connectivity index is 2.17. The summed E-state index contributed by atoms with van der Waals surface area (Å²) in [6, 6.07) is 5.44. The average Bonchev–Trinajstić information content (AvgIpc) is 2.32. The standard InChI is InChI=1S/C12H12FNO5/c13-9-5-8(6-9)11(19-12(15)16)7-1-3-10(4-2-7)14(17)18/h1-4,8-9,11H,5-6H2,(H,15,16). The lowest BCUT2D eigenvalue weighted by atomic mass is 9.77. The number of carboxylic acid groups (broad SMARTS) is 1. The van der Waals surface area contributed by atoms with Crippen molar-refractivity contribution >= 4 is 11.8 Å². The number of rotatable bonds is 4. The van der Waals surface area contributed by atoms with Crippen LogP contribution in [-0.2, 0) is 4.74 Å². The summed E-state index contributed by atoms with van der Waals surface area (Å²) < 4.78 is 17.6. The predicted octanol–water partition coefficient (Wildman–Crippen LogP) is 3.08. The average molecular weight is 269 g/mol. The SMILES string of the molecule is O=C(O)OC(c1ccc([N+](=O)[O-])cc1)C1CC(F)C1. The molecule has 0 bridgehead atoms. The van der Waals surface area contributed by atoms with E-state index in [4.69, 9.17) is 9.84 Å². The third-order valence-corrected chi connectivity index (χ3v) is 3.21. The maximum absolute atomic E-state index is 12.9. The summed E-state index contributed by atoms with van der Waals surface area (Å²) in [6.45, 7) is 0. The summed E-state index contributed by atoms with van der Waals surface area (Å²) in [7, 11) is 0. The maximum atomic E-state index is 12.9. The predicted molar refractivity (Wildman–Crippen MR) is 62.6 cm³/mol. The zero-order valence-corrected chi connectivity index (χ0v) is 9.86. The van der Waals surface area contributed by atoms with Gasteiger partial charge in [-0.1, -0.05) is 0 Å². The Morgan fingerprint density at radius 3 is 2.42 bits per heavy atom. The summed E-state index contributed by atoms with van der Waals surface area (Å²) in [5.41, 5.74) is 0.416. The first-order valence-electron chi connectivity index (χ1n) is 5.75. The molecule has 0 aromatic heterocycles. The van der Waals surface area contributed by atoms with Crippen molar-refractivity contribution in [2.75, 3.05) is 0 Å². The number of ether oxygens (including phenoxy) is 1. The Kier molecular flexibility index (Phi) is 3.64. The second-order valence-corrected chi connectivity index (χ2v) is 4.48. The van der Waals surface area contributed by atoms with Gasteiger partial charge in [0, 0.05) is 18.1 Å². The van der Waals surface area contributed by atoms with Crippen molar-refractivity contribution < 1.29 is 24.0 Å². The van der Waals surface area contributed by atoms with Gasteiger partial charge in [0.25, 0.3) is 5.69 Å². The topological polar surface area (TPSA) is 89.7 Å². The van der Waals surface area contributed by atoms with Crippen LogP contribution in [0.4, 0.5) is 14.9 Å². The first-order valence-corrected chi connectivity index (χ1v) is 5.75. The number of nitrogens with zero attached hydrogens (tertiary/aromatic N) is 1. The zero-order valence-electron chi connectivity index (χ0n) is 9.86. The molecule has 1 N–H and O–H groups in total. The number of carbonyl (C=O) groups is 1. The minimum Gasteiger partial charge on any atom is -0.450 e. The van der Waals surface area contributed by atoms with E-state index in [9.17, 15) is 19.3 Å². The van der Waals surface area contributed by atoms with Crippen molar-refractivity contribution in [3.63, 3.8) is 0 Å². The highest BCUT2D eigenvalue weighted by atomic mass is 19.1. The fraction of sp³-hybridized carbons (Fsp3) is 0.417. The van der Waals surface area contributed by atoms with Gasteiger partial charge in [-0.3, -0.25) is 10.1 Å². The van der Waals surface area contributed by atoms with Crippen molar-refractivity contribution in [2.45, 2.75) is 25.1 Å². The molecule has 1 aromatic rings. The number of benzene rings is 1. The van der Waals surface area contributed by atoms with E-state index >= 15 is 0 Å². The lowest BCUT2D eigenvalue weighted by Gasteiger charge is -2.35. The minimum atomic E-state index is -1.44. The molecule has 0 heterocycles. The smallest absolute Gasteiger partial charge is 0.450 e. The van der Waals surface area contributed by atoms with Gasteiger partial charge < -0.3 is 9.84 Å². The molecule has 1 aromatic carbocycles. The molecule has 7 heteroatoms. The molecule has 1 unspecified atom stereocenters. The number of hydrogen-bond donors (Lipinski definition) is 1. The Labute approximate surface area is 108 Å². The molecule has 1 atom stereocenters. The van der Waals surface area contributed by atoms with Crippen molar-refractivity contribution in [3.05, 3.63) is 39.9 Å². The molecule has 1 saturated carbocycles. The Morgan fingerprint density at radius 1 is 1.42 bits per heavy atom. The second kappa shape index (κ2) is 5.21. The third-order valence-electron chi connectivity index (χ3n) is 3.21. The van der Waals surface area contributed by atoms with Crippen LogP contribution >= 0.6 is 0 Å². The van der Waals surface area contributed by atoms with E-state index in [1.165, 1.54) is 24.3 Å². The Hall–Kier alpha value is -2.18. The number of hydrogen-bond acceptors (Lipinski definition) is 4. The minimum absolute atomic E-state index is 0.0881. The van der Waals surface area contributed by atoms with Crippen LogP contribution in [0.25, 0.3) is 0 Å². The summed E-state index contributed by atoms with van der Waals surface area (Å²) >= 11 is 0. The van der Waals surface area contributed by atoms with Crippen LogP contribution in [0.15, 0.2) is 24.3 Å². The van der Waals surface area contributed by atoms with Gasteiger partial charge >= 0.3 is 6.16 Å². The highest BCUT2D eigenvalue weighted by Crippen LogP contribution is 2.42. The van der Waals surface area contributed by atoms with Gasteiger partial charge in [-0.05, 0) is 30.5 Å². The molecule has 1 aliphatic rings. The maximum Gasteiger partial charge on any atom is 0.506 e. The lowest BCUT2D eigenvalue weighted by molar-refractivity contribution is -0.384. The fourth-order valence-corrected chi connectivity index (χ4v) is 2.17. The van der Waals surface area contributed by atoms with Crippen LogP contribution in [0.1, 0.15) is 24.5 Å². The van der Waals surface area contributed by atoms with E-state index in [-0.39, 0.29) is 24.4 Å². The number of nitro groups is 1. The van der Waals surface area contributed by atoms with Crippen molar-refractivity contribution in [1.29, 1.82) is 0 Å². The largest absolute Gasteiger partial charge is 0.506 e. The zero-order chi connectivity index (χ0) is 14.0. The molecule has 102 valence electrons. The van der Waals surface area contributed by atoms with Crippen LogP contribution in [0, 0.1) is 16.0 Å². The van der Waals surface area contributed by atoms with E-state index in [1.807, 2.05) is 0 Å². The first-order chi connectivity index (χ1) is 8.97. The molecule has 2 rings (SSSR count). The highest BCUT2D eigenvalue weighted by Gasteiger charge is 2.38. The first kappa shape index (κ1) is 13.3. The van der Waals surface area contributed by atoms with Gasteiger partial charge in [0.15, 0.2) is 0 Å². The van der Waals surface area contributed by atoms with Crippen molar-refractivity contribution in [2.24, 2.45) is 5.92 Å². The number of alkyl halides is 1. The molecule has 0 spiro atoms. The monoisotopic (exact) mass is 269 g/mol. The highest BCUT2D eigenvalue weighted by molar-refractivity contribution is 5.57. The molecule has 1 aliphatic carbocycles. The number of non-ortho nitro benzene ring substituents is 1. The summed E-state index contributed by atoms with van der Waals surface area (Å²) in [5.74, 6) is -0.215. The van der Waals surface area contributed by atoms with Gasteiger partial charge in [-0.15, -0.1) is 0 Å². The van der Waals surface area contributed by atoms with Crippen molar-refractivity contribution in [3.8, 4) is 0 Å². The quantitative estimate of drug-likeness (QED) is 0.515. The Morgan fingerprint density at radius 2 is 2.00 bits per heavy atom. The molecule has 0 radical (unpaired) electrons. The molecular weight excluding hydrogens is 257 g/mol. The van der Waals surface area contributed by atoms with Gasteiger partial charge in [-0.2, -0.15) is 0 Å². The molecule has 0 saturated heterocycles. The molecule has 19 heavy (non-hydrogen) atoms. The fourth-order valence-electron chi connectivity index (χ4n) is 2.17. The Bertz CT molecular complexity index is 483. The second-order valence-electron chi connectivity index (χ2n) is 4.48. The van der Waals surface area contributed by atoms with Gasteiger partial charge in [0.05, 0.1) is 4.92 Å². The van der Waals surface area contributed by atoms with Crippen molar-refractivity contribution in [1.82, 2.24) is 0 Å². The van der Waals surface area contributed by atoms with Crippen LogP contribution in [-0.4, -0.2) is 22.4 Å². The van der Waals surface area contributed by atoms with E-state index in [0.29, 0.717) is 5.56 Å². The van der Waals surface area contributed by atoms with E-state index in [1.54, 1.807) is 0 Å². The number of halogens is 1. The lowest BCUT2D eigenvalue weighted by Crippen LogP contribution is -2.32. The summed E-state index contributed by atoms with van der Waals surface area (Å²) in [6.07, 6.45) is -2.65. The van der Waals surface area contributed by atoms with Crippen LogP contribution in [0.5, 0.6) is 0 Å². The van der Waals surface area contributed by atoms with E-state index < -0.39 is 23.4 Å². The molecule has 0 aliphatic heterocycles. The van der Waals surface area contributed by atoms with Gasteiger partial charge in [0.1, 0.15) is 12.3 Å². The molecular formula is C12H12FNO5. The normalized spacial score (nSPS) is 23.2. The summed E-state index contributed by atoms with van der Waals surface area (Å²) in [5, 5.41) is 19.2. The molecule has 6 nitrogen and oxygen atoms in total. The third kappa shape index (κ3) is 2.98. The van der Waals surface area contributed by atoms with Crippen LogP contribution in [0.3, 0.4) is 0 Å². The van der Waals surface area contributed by atoms with Gasteiger partial charge in [0.2, 0.25) is 0 Å². The van der Waals surface area contributed by atoms with Gasteiger partial charge in [-0.25, -0.2) is 9.18 Å². The number of nitro benzene ring substituents is 1. The summed E-state index contributed by atoms with van der Waals surface area (Å²) in [4.78, 5) is 20.7. The van der Waals surface area contributed by atoms with Crippen LogP contribution < -0.4 is 0 Å². The van der Waals surface area contributed by atoms with E-state index in [2.05, 4.69) is 0 Å². The molecule has 0 amide bonds. The van der Waals surface area contributed by atoms with Crippen LogP contribution in [0.2, 0.25) is 0 Å².